The largest absolute Gasteiger partial charge is 0.100 e. The van der Waals surface area contributed by atoms with Gasteiger partial charge in [-0.15, -0.1) is 6.58 Å². The molecular formula is C18H36. The molecule has 0 aromatic heterocycles. The highest BCUT2D eigenvalue weighted by molar-refractivity contribution is 5.05. The first-order valence-electron chi connectivity index (χ1n) is 7.27. The summed E-state index contributed by atoms with van der Waals surface area (Å²) >= 11 is 0. The van der Waals surface area contributed by atoms with E-state index in [1.165, 1.54) is 12.0 Å². The molecule has 0 heteroatoms. The Hall–Kier alpha value is -0.260. The first-order chi connectivity index (χ1) is 7.62. The maximum absolute atomic E-state index is 4.13. The third kappa shape index (κ3) is 4.14. The van der Waals surface area contributed by atoms with Crippen molar-refractivity contribution < 1.29 is 0 Å². The fraction of sp³-hybridized carbons (Fsp3) is 0.889. The summed E-state index contributed by atoms with van der Waals surface area (Å²) in [7, 11) is 0. The molecule has 0 aliphatic heterocycles. The lowest BCUT2D eigenvalue weighted by Crippen LogP contribution is -2.47. The summed E-state index contributed by atoms with van der Waals surface area (Å²) in [5.41, 5.74) is 2.50. The van der Waals surface area contributed by atoms with E-state index in [4.69, 9.17) is 0 Å². The molecule has 0 bridgehead atoms. The van der Waals surface area contributed by atoms with Crippen molar-refractivity contribution in [3.05, 3.63) is 12.2 Å². The maximum Gasteiger partial charge on any atom is -0.0218 e. The molecule has 0 spiro atoms. The van der Waals surface area contributed by atoms with E-state index in [1.54, 1.807) is 0 Å². The Morgan fingerprint density at radius 1 is 0.833 bits per heavy atom. The summed E-state index contributed by atoms with van der Waals surface area (Å²) in [6, 6.07) is 0. The van der Waals surface area contributed by atoms with E-state index < -0.39 is 0 Å². The van der Waals surface area contributed by atoms with Crippen LogP contribution in [-0.4, -0.2) is 0 Å². The van der Waals surface area contributed by atoms with Crippen molar-refractivity contribution in [2.45, 2.75) is 82.1 Å². The molecular weight excluding hydrogens is 216 g/mol. The van der Waals surface area contributed by atoms with Crippen LogP contribution in [0, 0.1) is 21.7 Å². The van der Waals surface area contributed by atoms with Crippen LogP contribution in [0.25, 0.3) is 0 Å². The third-order valence-corrected chi connectivity index (χ3v) is 4.78. The molecule has 0 aromatic carbocycles. The second kappa shape index (κ2) is 5.02. The normalized spacial score (nSPS) is 17.4. The van der Waals surface area contributed by atoms with Crippen molar-refractivity contribution in [2.24, 2.45) is 21.7 Å². The Kier molecular flexibility index (Phi) is 4.95. The predicted octanol–water partition coefficient (Wildman–Crippen LogP) is 6.47. The Bertz CT molecular complexity index is 293. The minimum Gasteiger partial charge on any atom is -0.100 e. The zero-order chi connectivity index (χ0) is 15.0. The molecule has 0 N–H and O–H groups in total. The molecule has 0 aliphatic carbocycles. The monoisotopic (exact) mass is 252 g/mol. The van der Waals surface area contributed by atoms with E-state index in [9.17, 15) is 0 Å². The summed E-state index contributed by atoms with van der Waals surface area (Å²) in [5.74, 6) is 0. The van der Waals surface area contributed by atoms with Gasteiger partial charge in [0.2, 0.25) is 0 Å². The quantitative estimate of drug-likeness (QED) is 0.503. The molecule has 0 heterocycles. The summed E-state index contributed by atoms with van der Waals surface area (Å²) in [6.45, 7) is 27.8. The second-order valence-corrected chi connectivity index (χ2v) is 9.34. The van der Waals surface area contributed by atoms with Crippen molar-refractivity contribution in [3.63, 3.8) is 0 Å². The van der Waals surface area contributed by atoms with Gasteiger partial charge in [0.05, 0.1) is 0 Å². The highest BCUT2D eigenvalue weighted by atomic mass is 14.5. The van der Waals surface area contributed by atoms with E-state index in [1.807, 2.05) is 0 Å². The molecule has 18 heavy (non-hydrogen) atoms. The first-order valence-corrected chi connectivity index (χ1v) is 7.27. The van der Waals surface area contributed by atoms with Crippen molar-refractivity contribution in [1.29, 1.82) is 0 Å². The SMILES string of the molecule is C=C(C)CC(C)(C)C(C)(CC(C)(C)C)C(C)(C)C. The second-order valence-electron chi connectivity index (χ2n) is 9.34. The third-order valence-electron chi connectivity index (χ3n) is 4.78. The lowest BCUT2D eigenvalue weighted by Gasteiger charge is -2.56. The zero-order valence-corrected chi connectivity index (χ0v) is 14.6. The average molecular weight is 252 g/mol. The van der Waals surface area contributed by atoms with E-state index in [0.717, 1.165) is 6.42 Å². The molecule has 0 aliphatic rings. The highest BCUT2D eigenvalue weighted by Gasteiger charge is 2.50. The topological polar surface area (TPSA) is 0 Å². The fourth-order valence-electron chi connectivity index (χ4n) is 3.53. The van der Waals surface area contributed by atoms with Gasteiger partial charge in [0.25, 0.3) is 0 Å². The van der Waals surface area contributed by atoms with E-state index in [2.05, 4.69) is 75.8 Å². The molecule has 1 atom stereocenters. The smallest absolute Gasteiger partial charge is 0.0218 e. The van der Waals surface area contributed by atoms with Crippen molar-refractivity contribution in [2.75, 3.05) is 0 Å². The van der Waals surface area contributed by atoms with E-state index >= 15 is 0 Å². The van der Waals surface area contributed by atoms with Crippen LogP contribution in [0.2, 0.25) is 0 Å². The van der Waals surface area contributed by atoms with Crippen LogP contribution >= 0.6 is 0 Å². The highest BCUT2D eigenvalue weighted by Crippen LogP contribution is 2.58. The van der Waals surface area contributed by atoms with Gasteiger partial charge in [0, 0.05) is 0 Å². The first kappa shape index (κ1) is 17.7. The Morgan fingerprint density at radius 3 is 1.44 bits per heavy atom. The van der Waals surface area contributed by atoms with E-state index in [-0.39, 0.29) is 10.8 Å². The van der Waals surface area contributed by atoms with Gasteiger partial charge in [-0.25, -0.2) is 0 Å². The molecule has 0 aromatic rings. The van der Waals surface area contributed by atoms with Crippen molar-refractivity contribution in [3.8, 4) is 0 Å². The van der Waals surface area contributed by atoms with Crippen LogP contribution in [0.4, 0.5) is 0 Å². The van der Waals surface area contributed by atoms with Crippen LogP contribution in [0.15, 0.2) is 12.2 Å². The lowest BCUT2D eigenvalue weighted by atomic mass is 9.49. The minimum atomic E-state index is 0.268. The summed E-state index contributed by atoms with van der Waals surface area (Å²) < 4.78 is 0. The fourth-order valence-corrected chi connectivity index (χ4v) is 3.53. The van der Waals surface area contributed by atoms with Gasteiger partial charge in [0.1, 0.15) is 0 Å². The molecule has 0 rings (SSSR count). The number of hydrogen-bond donors (Lipinski definition) is 0. The van der Waals surface area contributed by atoms with Gasteiger partial charge < -0.3 is 0 Å². The van der Waals surface area contributed by atoms with Gasteiger partial charge in [0.15, 0.2) is 0 Å². The molecule has 108 valence electrons. The maximum atomic E-state index is 4.13. The van der Waals surface area contributed by atoms with Crippen LogP contribution < -0.4 is 0 Å². The van der Waals surface area contributed by atoms with Crippen LogP contribution in [0.5, 0.6) is 0 Å². The number of hydrogen-bond acceptors (Lipinski definition) is 0. The Morgan fingerprint density at radius 2 is 1.22 bits per heavy atom. The van der Waals surface area contributed by atoms with Crippen LogP contribution in [0.3, 0.4) is 0 Å². The lowest BCUT2D eigenvalue weighted by molar-refractivity contribution is -0.0577. The summed E-state index contributed by atoms with van der Waals surface area (Å²) in [4.78, 5) is 0. The molecule has 0 radical (unpaired) electrons. The van der Waals surface area contributed by atoms with Gasteiger partial charge >= 0.3 is 0 Å². The molecule has 0 saturated carbocycles. The summed E-state index contributed by atoms with van der Waals surface area (Å²) in [6.07, 6.45) is 2.35. The molecule has 0 saturated heterocycles. The van der Waals surface area contributed by atoms with Gasteiger partial charge in [-0.05, 0) is 41.4 Å². The van der Waals surface area contributed by atoms with Crippen molar-refractivity contribution in [1.82, 2.24) is 0 Å². The van der Waals surface area contributed by atoms with Gasteiger partial charge in [-0.3, -0.25) is 0 Å². The Labute approximate surface area is 116 Å². The average Bonchev–Trinajstić information content (AvgIpc) is 1.94. The Balaban J connectivity index is 5.55. The van der Waals surface area contributed by atoms with Crippen molar-refractivity contribution >= 4 is 0 Å². The number of allylic oxidation sites excluding steroid dienone is 1. The van der Waals surface area contributed by atoms with E-state index in [0.29, 0.717) is 10.8 Å². The number of rotatable bonds is 4. The van der Waals surface area contributed by atoms with Crippen LogP contribution in [-0.2, 0) is 0 Å². The minimum absolute atomic E-state index is 0.268. The predicted molar refractivity (Wildman–Crippen MR) is 84.8 cm³/mol. The molecule has 0 nitrogen and oxygen atoms in total. The molecule has 0 amide bonds. The zero-order valence-electron chi connectivity index (χ0n) is 14.6. The van der Waals surface area contributed by atoms with Crippen LogP contribution in [0.1, 0.15) is 82.1 Å². The molecule has 0 fully saturated rings. The van der Waals surface area contributed by atoms with Gasteiger partial charge in [-0.1, -0.05) is 67.9 Å². The summed E-state index contributed by atoms with van der Waals surface area (Å²) in [5, 5.41) is 0. The van der Waals surface area contributed by atoms with Gasteiger partial charge in [-0.2, -0.15) is 0 Å². The molecule has 1 unspecified atom stereocenters. The standard InChI is InChI=1S/C18H36/c1-14(2)12-17(9,10)18(11,16(6,7)8)13-15(3,4)5/h1,12-13H2,2-11H3.